The highest BCUT2D eigenvalue weighted by Crippen LogP contribution is 2.25. The molecule has 0 radical (unpaired) electrons. The van der Waals surface area contributed by atoms with Crippen LogP contribution in [0.5, 0.6) is 5.75 Å². The van der Waals surface area contributed by atoms with Gasteiger partial charge in [-0.25, -0.2) is 9.67 Å². The number of aliphatic hydroxyl groups is 2. The van der Waals surface area contributed by atoms with E-state index in [0.29, 0.717) is 0 Å². The number of hydrogen-bond donors (Lipinski definition) is 2. The van der Waals surface area contributed by atoms with Crippen molar-refractivity contribution in [2.45, 2.75) is 32.0 Å². The molecule has 0 aliphatic rings. The molecule has 11 heteroatoms. The van der Waals surface area contributed by atoms with Crippen LogP contribution in [0.2, 0.25) is 0 Å². The summed E-state index contributed by atoms with van der Waals surface area (Å²) in [5, 5.41) is 23.6. The van der Waals surface area contributed by atoms with Crippen molar-refractivity contribution in [2.75, 3.05) is 13.2 Å². The standard InChI is InChI=1S/C16H19F3N4O4/c1-2-13(25)14(23-10-20-9-21-23)22(7-8-24)15(26)11-3-5-12(6-4-11)27-16(17,18)19/h3-6,9-10,13-14,24-25H,2,7-8H2,1H3. The molecule has 2 aromatic rings. The van der Waals surface area contributed by atoms with Gasteiger partial charge in [0.05, 0.1) is 12.7 Å². The summed E-state index contributed by atoms with van der Waals surface area (Å²) in [4.78, 5) is 17.8. The zero-order chi connectivity index (χ0) is 20.0. The lowest BCUT2D eigenvalue weighted by Gasteiger charge is -2.34. The Bertz CT molecular complexity index is 722. The summed E-state index contributed by atoms with van der Waals surface area (Å²) in [7, 11) is 0. The van der Waals surface area contributed by atoms with E-state index in [9.17, 15) is 28.2 Å². The first-order valence-corrected chi connectivity index (χ1v) is 8.06. The van der Waals surface area contributed by atoms with Crippen LogP contribution in [0.4, 0.5) is 13.2 Å². The van der Waals surface area contributed by atoms with Gasteiger partial charge >= 0.3 is 6.36 Å². The molecule has 1 aromatic carbocycles. The molecule has 1 heterocycles. The van der Waals surface area contributed by atoms with Crippen molar-refractivity contribution >= 4 is 5.91 Å². The number of halogens is 3. The fraction of sp³-hybridized carbons (Fsp3) is 0.438. The van der Waals surface area contributed by atoms with Crippen LogP contribution in [0.25, 0.3) is 0 Å². The molecule has 2 rings (SSSR count). The third-order valence-corrected chi connectivity index (χ3v) is 3.73. The molecule has 0 spiro atoms. The number of hydrogen-bond acceptors (Lipinski definition) is 6. The minimum Gasteiger partial charge on any atom is -0.406 e. The molecule has 0 saturated heterocycles. The Balaban J connectivity index is 2.30. The Morgan fingerprint density at radius 3 is 2.48 bits per heavy atom. The maximum absolute atomic E-state index is 12.9. The zero-order valence-electron chi connectivity index (χ0n) is 14.4. The number of aliphatic hydroxyl groups excluding tert-OH is 2. The summed E-state index contributed by atoms with van der Waals surface area (Å²) in [6.45, 7) is 1.20. The van der Waals surface area contributed by atoms with Gasteiger partial charge in [-0.3, -0.25) is 4.79 Å². The van der Waals surface area contributed by atoms with Gasteiger partial charge in [-0.2, -0.15) is 5.10 Å². The van der Waals surface area contributed by atoms with E-state index in [1.807, 2.05) is 0 Å². The van der Waals surface area contributed by atoms with E-state index in [4.69, 9.17) is 0 Å². The number of carbonyl (C=O) groups excluding carboxylic acids is 1. The van der Waals surface area contributed by atoms with Crippen molar-refractivity contribution in [3.8, 4) is 5.75 Å². The van der Waals surface area contributed by atoms with E-state index in [1.165, 1.54) is 34.4 Å². The van der Waals surface area contributed by atoms with Gasteiger partial charge in [0, 0.05) is 12.1 Å². The lowest BCUT2D eigenvalue weighted by molar-refractivity contribution is -0.274. The van der Waals surface area contributed by atoms with E-state index in [1.54, 1.807) is 6.92 Å². The fourth-order valence-corrected chi connectivity index (χ4v) is 2.52. The minimum atomic E-state index is -4.84. The molecule has 0 aliphatic carbocycles. The summed E-state index contributed by atoms with van der Waals surface area (Å²) in [5.41, 5.74) is 0.0615. The highest BCUT2D eigenvalue weighted by Gasteiger charge is 2.33. The summed E-state index contributed by atoms with van der Waals surface area (Å²) < 4.78 is 41.8. The van der Waals surface area contributed by atoms with Crippen molar-refractivity contribution in [1.82, 2.24) is 19.7 Å². The summed E-state index contributed by atoms with van der Waals surface area (Å²) in [6, 6.07) is 4.37. The number of nitrogens with zero attached hydrogens (tertiary/aromatic N) is 4. The Kier molecular flexibility index (Phi) is 6.75. The Labute approximate surface area is 152 Å². The molecule has 0 bridgehead atoms. The smallest absolute Gasteiger partial charge is 0.406 e. The molecular weight excluding hydrogens is 369 g/mol. The van der Waals surface area contributed by atoms with Gasteiger partial charge in [-0.1, -0.05) is 6.92 Å². The number of alkyl halides is 3. The highest BCUT2D eigenvalue weighted by molar-refractivity contribution is 5.94. The van der Waals surface area contributed by atoms with E-state index in [-0.39, 0.29) is 25.1 Å². The average molecular weight is 388 g/mol. The van der Waals surface area contributed by atoms with Crippen LogP contribution in [-0.2, 0) is 0 Å². The van der Waals surface area contributed by atoms with Crippen LogP contribution < -0.4 is 4.74 Å². The van der Waals surface area contributed by atoms with Gasteiger partial charge in [-0.05, 0) is 30.7 Å². The second-order valence-corrected chi connectivity index (χ2v) is 5.56. The van der Waals surface area contributed by atoms with Gasteiger partial charge in [0.1, 0.15) is 18.4 Å². The van der Waals surface area contributed by atoms with Gasteiger partial charge in [-0.15, -0.1) is 13.2 Å². The molecule has 1 aromatic heterocycles. The van der Waals surface area contributed by atoms with Crippen molar-refractivity contribution in [2.24, 2.45) is 0 Å². The van der Waals surface area contributed by atoms with Crippen molar-refractivity contribution in [3.63, 3.8) is 0 Å². The molecule has 2 unspecified atom stereocenters. The molecule has 1 amide bonds. The van der Waals surface area contributed by atoms with Crippen molar-refractivity contribution in [1.29, 1.82) is 0 Å². The zero-order valence-corrected chi connectivity index (χ0v) is 14.4. The van der Waals surface area contributed by atoms with Crippen LogP contribution in [0.15, 0.2) is 36.9 Å². The predicted molar refractivity (Wildman–Crippen MR) is 86.6 cm³/mol. The molecule has 0 aliphatic heterocycles. The first-order chi connectivity index (χ1) is 12.8. The van der Waals surface area contributed by atoms with Crippen LogP contribution in [-0.4, -0.2) is 61.4 Å². The van der Waals surface area contributed by atoms with E-state index < -0.39 is 30.3 Å². The molecular formula is C16H19F3N4O4. The normalized spacial score (nSPS) is 13.9. The van der Waals surface area contributed by atoms with Gasteiger partial charge in [0.25, 0.3) is 5.91 Å². The third kappa shape index (κ3) is 5.41. The van der Waals surface area contributed by atoms with E-state index in [0.717, 1.165) is 12.1 Å². The SMILES string of the molecule is CCC(O)C(N(CCO)C(=O)c1ccc(OC(F)(F)F)cc1)n1cncn1. The maximum Gasteiger partial charge on any atom is 0.573 e. The van der Waals surface area contributed by atoms with Crippen LogP contribution in [0.3, 0.4) is 0 Å². The largest absolute Gasteiger partial charge is 0.573 e. The Morgan fingerprint density at radius 2 is 2.00 bits per heavy atom. The minimum absolute atomic E-state index is 0.0615. The van der Waals surface area contributed by atoms with E-state index >= 15 is 0 Å². The topological polar surface area (TPSA) is 101 Å². The number of carbonyl (C=O) groups is 1. The summed E-state index contributed by atoms with van der Waals surface area (Å²) in [6.07, 6.45) is -3.93. The lowest BCUT2D eigenvalue weighted by Crippen LogP contribution is -2.45. The first-order valence-electron chi connectivity index (χ1n) is 8.06. The first kappa shape index (κ1) is 20.6. The van der Waals surface area contributed by atoms with Crippen LogP contribution in [0, 0.1) is 0 Å². The number of ether oxygens (including phenoxy) is 1. The van der Waals surface area contributed by atoms with Gasteiger partial charge in [0.15, 0.2) is 6.17 Å². The number of amides is 1. The monoisotopic (exact) mass is 388 g/mol. The second kappa shape index (κ2) is 8.82. The van der Waals surface area contributed by atoms with E-state index in [2.05, 4.69) is 14.8 Å². The second-order valence-electron chi connectivity index (χ2n) is 5.56. The molecule has 8 nitrogen and oxygen atoms in total. The van der Waals surface area contributed by atoms with Gasteiger partial charge in [0.2, 0.25) is 0 Å². The average Bonchev–Trinajstić information content (AvgIpc) is 3.14. The molecule has 27 heavy (non-hydrogen) atoms. The molecule has 148 valence electrons. The van der Waals surface area contributed by atoms with Crippen LogP contribution >= 0.6 is 0 Å². The quantitative estimate of drug-likeness (QED) is 0.712. The lowest BCUT2D eigenvalue weighted by atomic mass is 10.1. The molecule has 0 fully saturated rings. The number of aromatic nitrogens is 3. The molecule has 2 atom stereocenters. The summed E-state index contributed by atoms with van der Waals surface area (Å²) in [5.74, 6) is -1.07. The molecule has 2 N–H and O–H groups in total. The van der Waals surface area contributed by atoms with Gasteiger partial charge < -0.3 is 19.8 Å². The molecule has 0 saturated carbocycles. The fourth-order valence-electron chi connectivity index (χ4n) is 2.52. The predicted octanol–water partition coefficient (Wildman–Crippen LogP) is 1.58. The van der Waals surface area contributed by atoms with Crippen LogP contribution in [0.1, 0.15) is 29.9 Å². The third-order valence-electron chi connectivity index (χ3n) is 3.73. The number of rotatable bonds is 8. The summed E-state index contributed by atoms with van der Waals surface area (Å²) >= 11 is 0. The van der Waals surface area contributed by atoms with Crippen molar-refractivity contribution in [3.05, 3.63) is 42.5 Å². The Morgan fingerprint density at radius 1 is 1.33 bits per heavy atom. The number of benzene rings is 1. The maximum atomic E-state index is 12.9. The Hall–Kier alpha value is -2.66. The van der Waals surface area contributed by atoms with Crippen molar-refractivity contribution < 1.29 is 32.9 Å². The highest BCUT2D eigenvalue weighted by atomic mass is 19.4.